The van der Waals surface area contributed by atoms with Gasteiger partial charge in [0, 0.05) is 11.1 Å². The Balaban J connectivity index is 1.44. The lowest BCUT2D eigenvalue weighted by Crippen LogP contribution is -2.04. The molecule has 5 aromatic rings. The Hall–Kier alpha value is -4.39. The van der Waals surface area contributed by atoms with Gasteiger partial charge in [-0.15, -0.1) is 5.10 Å². The molecule has 7 heteroatoms. The Labute approximate surface area is 191 Å². The van der Waals surface area contributed by atoms with E-state index in [-0.39, 0.29) is 0 Å². The van der Waals surface area contributed by atoms with Crippen LogP contribution in [0.5, 0.6) is 0 Å². The topological polar surface area (TPSA) is 85.2 Å². The first-order valence-electron chi connectivity index (χ1n) is 10.9. The molecule has 0 bridgehead atoms. The van der Waals surface area contributed by atoms with Gasteiger partial charge >= 0.3 is 0 Å². The molecule has 0 saturated heterocycles. The molecule has 0 radical (unpaired) electrons. The van der Waals surface area contributed by atoms with Crippen LogP contribution in [0.3, 0.4) is 0 Å². The molecule has 0 atom stereocenters. The Morgan fingerprint density at radius 1 is 0.848 bits per heavy atom. The number of allylic oxidation sites excluding steroid dienone is 1. The van der Waals surface area contributed by atoms with Crippen LogP contribution in [0.4, 0.5) is 0 Å². The van der Waals surface area contributed by atoms with Gasteiger partial charge in [0.1, 0.15) is 0 Å². The van der Waals surface area contributed by atoms with Crippen molar-refractivity contribution >= 4 is 6.08 Å². The standard InChI is InChI=1S/C26H23N7/c1-2-3-13-24-27-25(21-9-5-4-6-10-21)30-33(24)18-19-14-16-20(17-15-19)22-11-7-8-12-23(22)26-28-31-32-29-26/h3-17H,2,18H2,1H3,(H,28,29,31,32)/b13-3+. The van der Waals surface area contributed by atoms with E-state index in [9.17, 15) is 0 Å². The number of H-pyrrole nitrogens is 1. The average Bonchev–Trinajstić information content (AvgIpc) is 3.54. The Morgan fingerprint density at radius 2 is 1.61 bits per heavy atom. The molecule has 2 aromatic heterocycles. The highest BCUT2D eigenvalue weighted by molar-refractivity contribution is 5.80. The first kappa shape index (κ1) is 20.5. The second kappa shape index (κ2) is 9.40. The van der Waals surface area contributed by atoms with Crippen LogP contribution in [0, 0.1) is 0 Å². The van der Waals surface area contributed by atoms with E-state index in [1.54, 1.807) is 0 Å². The van der Waals surface area contributed by atoms with E-state index < -0.39 is 0 Å². The van der Waals surface area contributed by atoms with Crippen molar-refractivity contribution in [1.29, 1.82) is 0 Å². The van der Waals surface area contributed by atoms with Crippen LogP contribution in [-0.2, 0) is 6.54 Å². The average molecular weight is 434 g/mol. The van der Waals surface area contributed by atoms with Crippen molar-refractivity contribution < 1.29 is 0 Å². The minimum absolute atomic E-state index is 0.636. The number of aromatic amines is 1. The third kappa shape index (κ3) is 4.48. The molecule has 0 fully saturated rings. The summed E-state index contributed by atoms with van der Waals surface area (Å²) in [5, 5.41) is 19.1. The smallest absolute Gasteiger partial charge is 0.181 e. The molecule has 0 saturated carbocycles. The predicted molar refractivity (Wildman–Crippen MR) is 129 cm³/mol. The Morgan fingerprint density at radius 3 is 2.33 bits per heavy atom. The van der Waals surface area contributed by atoms with Crippen LogP contribution >= 0.6 is 0 Å². The number of aromatic nitrogens is 7. The van der Waals surface area contributed by atoms with Crippen molar-refractivity contribution in [3.63, 3.8) is 0 Å². The van der Waals surface area contributed by atoms with E-state index in [0.29, 0.717) is 12.4 Å². The third-order valence-electron chi connectivity index (χ3n) is 5.36. The molecular formula is C26H23N7. The van der Waals surface area contributed by atoms with Crippen molar-refractivity contribution in [3.8, 4) is 33.9 Å². The third-order valence-corrected chi connectivity index (χ3v) is 5.36. The molecule has 0 aliphatic rings. The summed E-state index contributed by atoms with van der Waals surface area (Å²) in [6.45, 7) is 2.75. The van der Waals surface area contributed by atoms with E-state index in [4.69, 9.17) is 10.1 Å². The molecule has 33 heavy (non-hydrogen) atoms. The fraction of sp³-hybridized carbons (Fsp3) is 0.115. The zero-order valence-corrected chi connectivity index (χ0v) is 18.3. The molecule has 162 valence electrons. The molecule has 0 unspecified atom stereocenters. The summed E-state index contributed by atoms with van der Waals surface area (Å²) in [7, 11) is 0. The lowest BCUT2D eigenvalue weighted by Gasteiger charge is -2.09. The number of hydrogen-bond acceptors (Lipinski definition) is 5. The predicted octanol–water partition coefficient (Wildman–Crippen LogP) is 5.26. The fourth-order valence-electron chi connectivity index (χ4n) is 3.70. The highest BCUT2D eigenvalue weighted by Crippen LogP contribution is 2.30. The lowest BCUT2D eigenvalue weighted by molar-refractivity contribution is 0.679. The van der Waals surface area contributed by atoms with Gasteiger partial charge in [-0.3, -0.25) is 0 Å². The van der Waals surface area contributed by atoms with Gasteiger partial charge in [-0.1, -0.05) is 91.9 Å². The number of hydrogen-bond donors (Lipinski definition) is 1. The number of benzene rings is 3. The Bertz CT molecular complexity index is 1350. The summed E-state index contributed by atoms with van der Waals surface area (Å²) < 4.78 is 1.96. The minimum Gasteiger partial charge on any atom is -0.241 e. The van der Waals surface area contributed by atoms with Crippen molar-refractivity contribution in [2.24, 2.45) is 0 Å². The largest absolute Gasteiger partial charge is 0.241 e. The van der Waals surface area contributed by atoms with Crippen LogP contribution < -0.4 is 0 Å². The van der Waals surface area contributed by atoms with Gasteiger partial charge in [-0.2, -0.15) is 5.10 Å². The molecule has 0 aliphatic heterocycles. The van der Waals surface area contributed by atoms with Gasteiger partial charge in [0.05, 0.1) is 6.54 Å². The highest BCUT2D eigenvalue weighted by Gasteiger charge is 2.12. The van der Waals surface area contributed by atoms with Crippen LogP contribution in [-0.4, -0.2) is 35.4 Å². The zero-order chi connectivity index (χ0) is 22.5. The molecule has 1 N–H and O–H groups in total. The summed E-state index contributed by atoms with van der Waals surface area (Å²) in [6.07, 6.45) is 5.09. The van der Waals surface area contributed by atoms with Gasteiger partial charge < -0.3 is 0 Å². The highest BCUT2D eigenvalue weighted by atomic mass is 15.5. The summed E-state index contributed by atoms with van der Waals surface area (Å²) >= 11 is 0. The molecule has 7 nitrogen and oxygen atoms in total. The number of nitrogens with zero attached hydrogens (tertiary/aromatic N) is 6. The first-order valence-corrected chi connectivity index (χ1v) is 10.9. The molecule has 0 amide bonds. The van der Waals surface area contributed by atoms with Gasteiger partial charge in [-0.25, -0.2) is 14.8 Å². The van der Waals surface area contributed by atoms with Crippen LogP contribution in [0.1, 0.15) is 24.7 Å². The van der Waals surface area contributed by atoms with Crippen molar-refractivity contribution in [2.75, 3.05) is 0 Å². The number of nitrogens with one attached hydrogen (secondary N) is 1. The van der Waals surface area contributed by atoms with Gasteiger partial charge in [-0.05, 0) is 39.6 Å². The zero-order valence-electron chi connectivity index (χ0n) is 18.3. The van der Waals surface area contributed by atoms with E-state index in [1.165, 1.54) is 0 Å². The van der Waals surface area contributed by atoms with Gasteiger partial charge in [0.2, 0.25) is 0 Å². The number of tetrazole rings is 1. The molecule has 3 aromatic carbocycles. The fourth-order valence-corrected chi connectivity index (χ4v) is 3.70. The summed E-state index contributed by atoms with van der Waals surface area (Å²) in [5.41, 5.74) is 5.29. The van der Waals surface area contributed by atoms with Crippen molar-refractivity contribution in [1.82, 2.24) is 35.4 Å². The summed E-state index contributed by atoms with van der Waals surface area (Å²) in [4.78, 5) is 4.76. The second-order valence-electron chi connectivity index (χ2n) is 7.62. The summed E-state index contributed by atoms with van der Waals surface area (Å²) in [6, 6.07) is 26.6. The summed E-state index contributed by atoms with van der Waals surface area (Å²) in [5.74, 6) is 2.23. The lowest BCUT2D eigenvalue weighted by atomic mass is 9.98. The van der Waals surface area contributed by atoms with Gasteiger partial charge in [0.25, 0.3) is 0 Å². The van der Waals surface area contributed by atoms with E-state index >= 15 is 0 Å². The SMILES string of the molecule is CC/C=C/c1nc(-c2ccccc2)nn1Cc1ccc(-c2ccccc2-c2nnn[nH]2)cc1. The monoisotopic (exact) mass is 433 g/mol. The molecule has 2 heterocycles. The van der Waals surface area contributed by atoms with E-state index in [2.05, 4.69) is 64.0 Å². The van der Waals surface area contributed by atoms with Crippen LogP contribution in [0.25, 0.3) is 40.0 Å². The normalized spacial score (nSPS) is 11.3. The second-order valence-corrected chi connectivity index (χ2v) is 7.62. The van der Waals surface area contributed by atoms with Crippen LogP contribution in [0.2, 0.25) is 0 Å². The molecule has 0 aliphatic carbocycles. The minimum atomic E-state index is 0.636. The molecule has 5 rings (SSSR count). The van der Waals surface area contributed by atoms with Crippen LogP contribution in [0.15, 0.2) is 84.9 Å². The Kier molecular flexibility index (Phi) is 5.84. The van der Waals surface area contributed by atoms with E-state index in [1.807, 2.05) is 59.3 Å². The first-order chi connectivity index (χ1) is 16.3. The molecular weight excluding hydrogens is 410 g/mol. The quantitative estimate of drug-likeness (QED) is 0.378. The van der Waals surface area contributed by atoms with Crippen molar-refractivity contribution in [3.05, 3.63) is 96.3 Å². The van der Waals surface area contributed by atoms with E-state index in [0.717, 1.165) is 45.9 Å². The number of rotatable bonds is 7. The molecule has 0 spiro atoms. The maximum Gasteiger partial charge on any atom is 0.181 e. The maximum absolute atomic E-state index is 4.79. The van der Waals surface area contributed by atoms with Crippen molar-refractivity contribution in [2.45, 2.75) is 19.9 Å². The van der Waals surface area contributed by atoms with Gasteiger partial charge in [0.15, 0.2) is 17.5 Å². The maximum atomic E-state index is 4.79.